The van der Waals surface area contributed by atoms with E-state index in [9.17, 15) is 38.4 Å². The maximum absolute atomic E-state index is 13.4. The van der Waals surface area contributed by atoms with E-state index in [2.05, 4.69) is 0 Å². The molecule has 2 fully saturated rings. The first-order valence-electron chi connectivity index (χ1n) is 21.4. The number of amides is 1. The number of esters is 6. The van der Waals surface area contributed by atoms with E-state index < -0.39 is 41.7 Å². The van der Waals surface area contributed by atoms with Crippen LogP contribution in [-0.4, -0.2) is 67.8 Å². The average molecular weight is 942 g/mol. The van der Waals surface area contributed by atoms with Crippen molar-refractivity contribution in [3.8, 4) is 23.0 Å². The highest BCUT2D eigenvalue weighted by Gasteiger charge is 2.34. The van der Waals surface area contributed by atoms with Crippen LogP contribution in [0, 0.1) is 23.7 Å². The van der Waals surface area contributed by atoms with Crippen LogP contribution in [0.2, 0.25) is 4.34 Å². The molecule has 1 aromatic heterocycles. The van der Waals surface area contributed by atoms with E-state index in [4.69, 9.17) is 40.0 Å². The van der Waals surface area contributed by atoms with Gasteiger partial charge in [-0.25, -0.2) is 0 Å². The molecule has 66 heavy (non-hydrogen) atoms. The second-order valence-electron chi connectivity index (χ2n) is 15.8. The van der Waals surface area contributed by atoms with Gasteiger partial charge in [0.2, 0.25) is 0 Å². The Kier molecular flexibility index (Phi) is 17.0. The van der Waals surface area contributed by atoms with Gasteiger partial charge in [-0.15, -0.1) is 11.3 Å². The Labute approximate surface area is 389 Å². The van der Waals surface area contributed by atoms with E-state index in [1.165, 1.54) is 61.2 Å². The summed E-state index contributed by atoms with van der Waals surface area (Å²) in [5.74, 6) is -4.06. The van der Waals surface area contributed by atoms with Crippen LogP contribution in [0.4, 0.5) is 5.69 Å². The normalized spacial score (nSPS) is 18.1. The number of benzene rings is 3. The van der Waals surface area contributed by atoms with E-state index in [1.807, 2.05) is 0 Å². The number of allylic oxidation sites excluding steroid dienone is 1. The van der Waals surface area contributed by atoms with Crippen molar-refractivity contribution in [2.75, 3.05) is 25.2 Å². The smallest absolute Gasteiger partial charge is 0.314 e. The number of carbonyl (C=O) groups is 8. The fourth-order valence-electron chi connectivity index (χ4n) is 7.55. The summed E-state index contributed by atoms with van der Waals surface area (Å²) in [6.45, 7) is 2.51. The highest BCUT2D eigenvalue weighted by atomic mass is 35.5. The van der Waals surface area contributed by atoms with Gasteiger partial charge in [0.25, 0.3) is 5.91 Å². The Bertz CT molecular complexity index is 2460. The Morgan fingerprint density at radius 3 is 1.61 bits per heavy atom. The number of hydrogen-bond acceptors (Lipinski definition) is 15. The lowest BCUT2D eigenvalue weighted by atomic mass is 9.82. The highest BCUT2D eigenvalue weighted by molar-refractivity contribution is 7.18. The third-order valence-electron chi connectivity index (χ3n) is 11.2. The molecule has 1 heterocycles. The lowest BCUT2D eigenvalue weighted by Gasteiger charge is -2.26. The summed E-state index contributed by atoms with van der Waals surface area (Å²) in [6.07, 6.45) is 6.19. The number of ether oxygens (including phenoxy) is 6. The molecule has 0 radical (unpaired) electrons. The largest absolute Gasteiger partial charge is 0.462 e. The van der Waals surface area contributed by atoms with Gasteiger partial charge >= 0.3 is 35.8 Å². The summed E-state index contributed by atoms with van der Waals surface area (Å²) >= 11 is 7.10. The zero-order valence-electron chi connectivity index (χ0n) is 36.5. The number of halogens is 1. The van der Waals surface area contributed by atoms with Crippen LogP contribution in [0.3, 0.4) is 0 Å². The van der Waals surface area contributed by atoms with Crippen molar-refractivity contribution in [1.29, 1.82) is 0 Å². The minimum absolute atomic E-state index is 0.00244. The van der Waals surface area contributed by atoms with Crippen molar-refractivity contribution < 1.29 is 66.8 Å². The van der Waals surface area contributed by atoms with Gasteiger partial charge in [-0.05, 0) is 142 Å². The van der Waals surface area contributed by atoms with Gasteiger partial charge in [-0.2, -0.15) is 0 Å². The van der Waals surface area contributed by atoms with Crippen LogP contribution >= 0.6 is 22.9 Å². The van der Waals surface area contributed by atoms with E-state index >= 15 is 0 Å². The van der Waals surface area contributed by atoms with Crippen LogP contribution in [0.1, 0.15) is 90.8 Å². The van der Waals surface area contributed by atoms with E-state index in [-0.39, 0.29) is 60.0 Å². The molecule has 0 aliphatic heterocycles. The predicted molar refractivity (Wildman–Crippen MR) is 241 cm³/mol. The number of nitrogens with zero attached hydrogens (tertiary/aromatic N) is 1. The van der Waals surface area contributed by atoms with Gasteiger partial charge in [-0.1, -0.05) is 11.6 Å². The minimum atomic E-state index is -0.541. The van der Waals surface area contributed by atoms with Crippen molar-refractivity contribution in [3.63, 3.8) is 0 Å². The molecule has 17 heteroatoms. The minimum Gasteiger partial charge on any atom is -0.462 e. The zero-order chi connectivity index (χ0) is 47.3. The Morgan fingerprint density at radius 1 is 0.591 bits per heavy atom. The SMILES string of the molecule is CC(=O)OCCOC(=O)C1CCC(C(=O)Oc2ccc(N(C)C(=O)c3ccc(OC(=O)C4CCC(C(=O)Oc5ccc(OC(C)=O)cc5/C=C/C(=O)c5ccc(Cl)s5)CC4)cc3)cc2)CC1. The number of anilines is 1. The van der Waals surface area contributed by atoms with Gasteiger partial charge in [0.15, 0.2) is 5.78 Å². The molecule has 2 aliphatic carbocycles. The lowest BCUT2D eigenvalue weighted by Crippen LogP contribution is -2.30. The monoisotopic (exact) mass is 941 g/mol. The maximum Gasteiger partial charge on any atom is 0.314 e. The molecule has 15 nitrogen and oxygen atoms in total. The first kappa shape index (κ1) is 48.8. The van der Waals surface area contributed by atoms with Crippen LogP contribution in [0.25, 0.3) is 6.08 Å². The summed E-state index contributed by atoms with van der Waals surface area (Å²) in [5.41, 5.74) is 1.23. The van der Waals surface area contributed by atoms with Crippen molar-refractivity contribution in [2.24, 2.45) is 23.7 Å². The van der Waals surface area contributed by atoms with Crippen LogP contribution in [0.5, 0.6) is 23.0 Å². The van der Waals surface area contributed by atoms with Crippen LogP contribution < -0.4 is 23.8 Å². The van der Waals surface area contributed by atoms with Crippen LogP contribution in [0.15, 0.2) is 84.9 Å². The topological polar surface area (TPSA) is 195 Å². The number of hydrogen-bond donors (Lipinski definition) is 0. The lowest BCUT2D eigenvalue weighted by molar-refractivity contribution is -0.156. The Balaban J connectivity index is 0.940. The number of rotatable bonds is 16. The first-order valence-corrected chi connectivity index (χ1v) is 22.6. The third-order valence-corrected chi connectivity index (χ3v) is 12.4. The number of thiophene rings is 1. The van der Waals surface area contributed by atoms with Gasteiger partial charge < -0.3 is 33.3 Å². The number of ketones is 1. The zero-order valence-corrected chi connectivity index (χ0v) is 38.1. The molecule has 0 unspecified atom stereocenters. The van der Waals surface area contributed by atoms with Crippen molar-refractivity contribution in [1.82, 2.24) is 0 Å². The summed E-state index contributed by atoms with van der Waals surface area (Å²) in [6, 6.07) is 20.4. The van der Waals surface area contributed by atoms with E-state index in [0.29, 0.717) is 83.1 Å². The molecule has 346 valence electrons. The summed E-state index contributed by atoms with van der Waals surface area (Å²) in [7, 11) is 1.60. The van der Waals surface area contributed by atoms with Gasteiger partial charge in [0, 0.05) is 37.7 Å². The molecule has 0 saturated heterocycles. The van der Waals surface area contributed by atoms with Gasteiger partial charge in [0.1, 0.15) is 36.2 Å². The molecule has 0 bridgehead atoms. The summed E-state index contributed by atoms with van der Waals surface area (Å²) < 4.78 is 32.6. The molecule has 6 rings (SSSR count). The van der Waals surface area contributed by atoms with E-state index in [0.717, 1.165) is 11.3 Å². The molecular weight excluding hydrogens is 894 g/mol. The fraction of sp³-hybridized carbons (Fsp3) is 0.347. The van der Waals surface area contributed by atoms with E-state index in [1.54, 1.807) is 55.6 Å². The molecule has 3 aromatic carbocycles. The highest BCUT2D eigenvalue weighted by Crippen LogP contribution is 2.35. The van der Waals surface area contributed by atoms with Crippen LogP contribution in [-0.2, 0) is 38.2 Å². The third kappa shape index (κ3) is 13.7. The number of carbonyl (C=O) groups excluding carboxylic acids is 8. The summed E-state index contributed by atoms with van der Waals surface area (Å²) in [4.78, 5) is 102. The van der Waals surface area contributed by atoms with Crippen molar-refractivity contribution in [3.05, 3.63) is 105 Å². The van der Waals surface area contributed by atoms with Gasteiger partial charge in [-0.3, -0.25) is 38.4 Å². The second kappa shape index (κ2) is 23.0. The molecular formula is C49H48ClNO14S. The van der Waals surface area contributed by atoms with Crippen molar-refractivity contribution in [2.45, 2.75) is 65.2 Å². The Hall–Kier alpha value is -6.65. The fourth-order valence-corrected chi connectivity index (χ4v) is 8.52. The van der Waals surface area contributed by atoms with Crippen molar-refractivity contribution >= 4 is 82.2 Å². The molecule has 2 aliphatic rings. The molecule has 2 saturated carbocycles. The molecule has 0 N–H and O–H groups in total. The predicted octanol–water partition coefficient (Wildman–Crippen LogP) is 8.64. The first-order chi connectivity index (χ1) is 31.6. The molecule has 1 amide bonds. The molecule has 0 spiro atoms. The standard InChI is InChI=1S/C49H48ClNO14S/c1-29(52)60-26-27-61-46(56)32-4-6-33(7-5-32)48(58)64-39-19-15-37(16-20-39)51(3)45(55)31-12-17-38(18-13-31)63-47(57)34-8-10-35(11-9-34)49(59)65-42-23-21-40(62-30(2)53)28-36(42)14-22-41(54)43-24-25-44(50)66-43/h12-25,28,32-35H,4-11,26-27H2,1-3H3/b22-14+. The average Bonchev–Trinajstić information content (AvgIpc) is 3.76. The maximum atomic E-state index is 13.4. The molecule has 4 aromatic rings. The molecule has 0 atom stereocenters. The summed E-state index contributed by atoms with van der Waals surface area (Å²) in [5, 5.41) is 0. The quantitative estimate of drug-likeness (QED) is 0.0340. The van der Waals surface area contributed by atoms with Gasteiger partial charge in [0.05, 0.1) is 32.9 Å². The Morgan fingerprint density at radius 2 is 1.09 bits per heavy atom. The second-order valence-corrected chi connectivity index (χ2v) is 17.6.